The van der Waals surface area contributed by atoms with Crippen molar-refractivity contribution in [2.24, 2.45) is 0 Å². The fraction of sp³-hybridized carbons (Fsp3) is 0.706. The SMILES string of the molecule is CCc1nnc(CN2CC[C@H](n3c(C)nc4c3CCCC4)C2)s1. The second kappa shape index (κ2) is 6.32. The van der Waals surface area contributed by atoms with E-state index in [0.717, 1.165) is 36.1 Å². The standard InChI is InChI=1S/C17H25N5S/c1-3-16-19-20-17(23-16)11-21-9-8-13(10-21)22-12(2)18-14-6-4-5-7-15(14)22/h13H,3-11H2,1-2H3/t13-/m0/s1. The Bertz CT molecular complexity index is 689. The van der Waals surface area contributed by atoms with Crippen molar-refractivity contribution in [2.45, 2.75) is 65.0 Å². The molecule has 0 aromatic carbocycles. The molecule has 3 heterocycles. The Kier molecular flexibility index (Phi) is 4.20. The first-order valence-corrected chi connectivity index (χ1v) is 9.66. The number of rotatable bonds is 4. The van der Waals surface area contributed by atoms with E-state index in [1.54, 1.807) is 11.3 Å². The summed E-state index contributed by atoms with van der Waals surface area (Å²) in [5.41, 5.74) is 2.88. The van der Waals surface area contributed by atoms with Crippen LogP contribution in [0.5, 0.6) is 0 Å². The summed E-state index contributed by atoms with van der Waals surface area (Å²) in [4.78, 5) is 7.37. The van der Waals surface area contributed by atoms with Crippen LogP contribution in [0.1, 0.15) is 59.5 Å². The Balaban J connectivity index is 1.47. The third-order valence-electron chi connectivity index (χ3n) is 5.13. The molecule has 1 saturated heterocycles. The number of imidazole rings is 1. The number of fused-ring (bicyclic) bond motifs is 1. The maximum absolute atomic E-state index is 4.84. The van der Waals surface area contributed by atoms with E-state index in [0.29, 0.717) is 6.04 Å². The number of likely N-dealkylation sites (tertiary alicyclic amines) is 1. The van der Waals surface area contributed by atoms with Crippen LogP contribution in [0.4, 0.5) is 0 Å². The molecule has 2 aromatic heterocycles. The van der Waals surface area contributed by atoms with Gasteiger partial charge in [-0.3, -0.25) is 4.90 Å². The summed E-state index contributed by atoms with van der Waals surface area (Å²) in [6, 6.07) is 0.586. The third-order valence-corrected chi connectivity index (χ3v) is 6.18. The van der Waals surface area contributed by atoms with Crippen LogP contribution in [-0.4, -0.2) is 37.7 Å². The van der Waals surface area contributed by atoms with Crippen molar-refractivity contribution in [3.63, 3.8) is 0 Å². The summed E-state index contributed by atoms with van der Waals surface area (Å²) in [6.45, 7) is 7.53. The van der Waals surface area contributed by atoms with E-state index < -0.39 is 0 Å². The highest BCUT2D eigenvalue weighted by Gasteiger charge is 2.29. The summed E-state index contributed by atoms with van der Waals surface area (Å²) in [5, 5.41) is 10.9. The molecule has 0 bridgehead atoms. The van der Waals surface area contributed by atoms with E-state index in [1.807, 2.05) is 0 Å². The molecule has 0 radical (unpaired) electrons. The number of aryl methyl sites for hydroxylation is 3. The molecule has 1 fully saturated rings. The summed E-state index contributed by atoms with van der Waals surface area (Å²) in [7, 11) is 0. The Hall–Kier alpha value is -1.27. The Morgan fingerprint density at radius 1 is 1.17 bits per heavy atom. The quantitative estimate of drug-likeness (QED) is 0.864. The Morgan fingerprint density at radius 3 is 2.83 bits per heavy atom. The normalized spacial score (nSPS) is 21.7. The predicted molar refractivity (Wildman–Crippen MR) is 91.8 cm³/mol. The molecule has 124 valence electrons. The zero-order valence-electron chi connectivity index (χ0n) is 14.1. The van der Waals surface area contributed by atoms with Crippen LogP contribution < -0.4 is 0 Å². The van der Waals surface area contributed by atoms with Crippen LogP contribution in [0.25, 0.3) is 0 Å². The lowest BCUT2D eigenvalue weighted by atomic mass is 10.0. The molecular formula is C17H25N5S. The van der Waals surface area contributed by atoms with Gasteiger partial charge in [0.2, 0.25) is 0 Å². The van der Waals surface area contributed by atoms with E-state index in [-0.39, 0.29) is 0 Å². The number of hydrogen-bond acceptors (Lipinski definition) is 5. The van der Waals surface area contributed by atoms with Gasteiger partial charge in [0.25, 0.3) is 0 Å². The molecule has 0 N–H and O–H groups in total. The molecule has 0 unspecified atom stereocenters. The minimum absolute atomic E-state index is 0.586. The minimum atomic E-state index is 0.586. The van der Waals surface area contributed by atoms with Crippen LogP contribution in [0, 0.1) is 6.92 Å². The van der Waals surface area contributed by atoms with Gasteiger partial charge in [-0.05, 0) is 45.4 Å². The molecule has 2 aromatic rings. The van der Waals surface area contributed by atoms with E-state index in [1.165, 1.54) is 49.3 Å². The van der Waals surface area contributed by atoms with Gasteiger partial charge >= 0.3 is 0 Å². The molecule has 0 amide bonds. The van der Waals surface area contributed by atoms with Crippen molar-refractivity contribution in [3.8, 4) is 0 Å². The third kappa shape index (κ3) is 2.94. The summed E-state index contributed by atoms with van der Waals surface area (Å²) in [5.74, 6) is 1.22. The first kappa shape index (κ1) is 15.3. The fourth-order valence-corrected chi connectivity index (χ4v) is 4.86. The van der Waals surface area contributed by atoms with Crippen LogP contribution in [0.3, 0.4) is 0 Å². The van der Waals surface area contributed by atoms with Gasteiger partial charge < -0.3 is 4.57 Å². The summed E-state index contributed by atoms with van der Waals surface area (Å²) < 4.78 is 2.55. The molecule has 1 aliphatic carbocycles. The fourth-order valence-electron chi connectivity index (χ4n) is 4.04. The van der Waals surface area contributed by atoms with E-state index in [4.69, 9.17) is 4.98 Å². The lowest BCUT2D eigenvalue weighted by Gasteiger charge is -2.21. The highest BCUT2D eigenvalue weighted by molar-refractivity contribution is 7.11. The van der Waals surface area contributed by atoms with E-state index in [2.05, 4.69) is 33.5 Å². The molecule has 0 spiro atoms. The largest absolute Gasteiger partial charge is 0.328 e. The zero-order chi connectivity index (χ0) is 15.8. The van der Waals surface area contributed by atoms with Gasteiger partial charge in [-0.15, -0.1) is 21.5 Å². The molecule has 1 aliphatic heterocycles. The van der Waals surface area contributed by atoms with Crippen molar-refractivity contribution >= 4 is 11.3 Å². The second-order valence-corrected chi connectivity index (χ2v) is 7.90. The summed E-state index contributed by atoms with van der Waals surface area (Å²) >= 11 is 1.76. The number of aromatic nitrogens is 4. The molecule has 2 aliphatic rings. The Morgan fingerprint density at radius 2 is 2.00 bits per heavy atom. The van der Waals surface area contributed by atoms with E-state index in [9.17, 15) is 0 Å². The predicted octanol–water partition coefficient (Wildman–Crippen LogP) is 2.93. The Labute approximate surface area is 141 Å². The monoisotopic (exact) mass is 331 g/mol. The van der Waals surface area contributed by atoms with Crippen molar-refractivity contribution < 1.29 is 0 Å². The smallest absolute Gasteiger partial charge is 0.131 e. The van der Waals surface area contributed by atoms with Crippen LogP contribution in [-0.2, 0) is 25.8 Å². The van der Waals surface area contributed by atoms with Gasteiger partial charge in [0.05, 0.1) is 12.2 Å². The average Bonchev–Trinajstić information content (AvgIpc) is 3.25. The molecule has 5 nitrogen and oxygen atoms in total. The number of hydrogen-bond donors (Lipinski definition) is 0. The average molecular weight is 331 g/mol. The van der Waals surface area contributed by atoms with Crippen molar-refractivity contribution in [1.29, 1.82) is 0 Å². The molecule has 0 saturated carbocycles. The lowest BCUT2D eigenvalue weighted by molar-refractivity contribution is 0.312. The van der Waals surface area contributed by atoms with Crippen LogP contribution in [0.15, 0.2) is 0 Å². The maximum Gasteiger partial charge on any atom is 0.131 e. The van der Waals surface area contributed by atoms with E-state index >= 15 is 0 Å². The van der Waals surface area contributed by atoms with Gasteiger partial charge in [0.1, 0.15) is 15.8 Å². The lowest BCUT2D eigenvalue weighted by Crippen LogP contribution is -2.22. The molecular weight excluding hydrogens is 306 g/mol. The van der Waals surface area contributed by atoms with Gasteiger partial charge in [-0.25, -0.2) is 4.98 Å². The van der Waals surface area contributed by atoms with Crippen LogP contribution >= 0.6 is 11.3 Å². The first-order chi connectivity index (χ1) is 11.2. The topological polar surface area (TPSA) is 46.8 Å². The maximum atomic E-state index is 4.84. The molecule has 1 atom stereocenters. The highest BCUT2D eigenvalue weighted by Crippen LogP contribution is 2.31. The van der Waals surface area contributed by atoms with Crippen molar-refractivity contribution in [3.05, 3.63) is 27.2 Å². The van der Waals surface area contributed by atoms with Gasteiger partial charge in [0, 0.05) is 24.8 Å². The van der Waals surface area contributed by atoms with Crippen molar-refractivity contribution in [1.82, 2.24) is 24.6 Å². The summed E-state index contributed by atoms with van der Waals surface area (Å²) in [6.07, 6.45) is 7.22. The molecule has 23 heavy (non-hydrogen) atoms. The van der Waals surface area contributed by atoms with Gasteiger partial charge in [0.15, 0.2) is 0 Å². The van der Waals surface area contributed by atoms with Gasteiger partial charge in [-0.2, -0.15) is 0 Å². The highest BCUT2D eigenvalue weighted by atomic mass is 32.1. The van der Waals surface area contributed by atoms with Crippen molar-refractivity contribution in [2.75, 3.05) is 13.1 Å². The first-order valence-electron chi connectivity index (χ1n) is 8.84. The molecule has 4 rings (SSSR count). The van der Waals surface area contributed by atoms with Gasteiger partial charge in [-0.1, -0.05) is 6.92 Å². The minimum Gasteiger partial charge on any atom is -0.328 e. The number of nitrogens with zero attached hydrogens (tertiary/aromatic N) is 5. The zero-order valence-corrected chi connectivity index (χ0v) is 14.9. The molecule has 6 heteroatoms. The second-order valence-electron chi connectivity index (χ2n) is 6.75. The van der Waals surface area contributed by atoms with Crippen LogP contribution in [0.2, 0.25) is 0 Å².